The van der Waals surface area contributed by atoms with Gasteiger partial charge in [0.25, 0.3) is 5.91 Å². The molecule has 0 radical (unpaired) electrons. The molecule has 0 spiro atoms. The number of rotatable bonds is 5. The molecule has 0 unspecified atom stereocenters. The van der Waals surface area contributed by atoms with Gasteiger partial charge in [0.15, 0.2) is 5.13 Å². The monoisotopic (exact) mass is 514 g/mol. The molecule has 2 aromatic carbocycles. The SMILES string of the molecule is O=C(Nc1nc2ccc(F)cc2s1)c1csc(C2CCN(C(=O)Cc3ccccc3Cl)CC2)n1. The minimum absolute atomic E-state index is 0.0708. The van der Waals surface area contributed by atoms with E-state index < -0.39 is 0 Å². The van der Waals surface area contributed by atoms with Crippen molar-refractivity contribution in [2.75, 3.05) is 18.4 Å². The van der Waals surface area contributed by atoms with Crippen molar-refractivity contribution in [3.8, 4) is 0 Å². The summed E-state index contributed by atoms with van der Waals surface area (Å²) >= 11 is 8.86. The summed E-state index contributed by atoms with van der Waals surface area (Å²) in [6, 6.07) is 11.7. The molecule has 1 aliphatic rings. The summed E-state index contributed by atoms with van der Waals surface area (Å²) in [6.45, 7) is 1.30. The normalized spacial score (nSPS) is 14.5. The molecule has 0 atom stereocenters. The van der Waals surface area contributed by atoms with Gasteiger partial charge in [0.2, 0.25) is 5.91 Å². The maximum Gasteiger partial charge on any atom is 0.276 e. The van der Waals surface area contributed by atoms with Crippen LogP contribution in [0.1, 0.15) is 39.8 Å². The van der Waals surface area contributed by atoms with Gasteiger partial charge in [0.1, 0.15) is 11.5 Å². The number of halogens is 2. The highest BCUT2D eigenvalue weighted by atomic mass is 35.5. The number of thiazole rings is 2. The zero-order chi connectivity index (χ0) is 23.7. The molecular weight excluding hydrogens is 495 g/mol. The molecule has 1 N–H and O–H groups in total. The van der Waals surface area contributed by atoms with E-state index in [-0.39, 0.29) is 23.5 Å². The van der Waals surface area contributed by atoms with Crippen LogP contribution in [0.5, 0.6) is 0 Å². The average Bonchev–Trinajstić information content (AvgIpc) is 3.47. The third-order valence-electron chi connectivity index (χ3n) is 5.82. The molecule has 10 heteroatoms. The smallest absolute Gasteiger partial charge is 0.276 e. The van der Waals surface area contributed by atoms with E-state index in [1.54, 1.807) is 17.5 Å². The predicted octanol–water partition coefficient (Wildman–Crippen LogP) is 5.75. The first-order valence-corrected chi connectivity index (χ1v) is 12.9. The predicted molar refractivity (Wildman–Crippen MR) is 133 cm³/mol. The number of benzene rings is 2. The second-order valence-electron chi connectivity index (χ2n) is 8.08. The minimum atomic E-state index is -0.339. The van der Waals surface area contributed by atoms with Crippen LogP contribution in [0.4, 0.5) is 9.52 Å². The van der Waals surface area contributed by atoms with Gasteiger partial charge >= 0.3 is 0 Å². The lowest BCUT2D eigenvalue weighted by Gasteiger charge is -2.31. The van der Waals surface area contributed by atoms with Crippen LogP contribution < -0.4 is 5.32 Å². The highest BCUT2D eigenvalue weighted by Gasteiger charge is 2.27. The first-order chi connectivity index (χ1) is 16.5. The number of hydrogen-bond acceptors (Lipinski definition) is 6. The highest BCUT2D eigenvalue weighted by molar-refractivity contribution is 7.22. The van der Waals surface area contributed by atoms with E-state index >= 15 is 0 Å². The van der Waals surface area contributed by atoms with Crippen LogP contribution in [0.2, 0.25) is 5.02 Å². The average molecular weight is 515 g/mol. The van der Waals surface area contributed by atoms with Gasteiger partial charge in [-0.05, 0) is 42.7 Å². The molecule has 0 bridgehead atoms. The molecule has 1 aliphatic heterocycles. The Balaban J connectivity index is 1.17. The number of carbonyl (C=O) groups excluding carboxylic acids is 2. The first kappa shape index (κ1) is 22.9. The molecule has 1 saturated heterocycles. The third-order valence-corrected chi connectivity index (χ3v) is 8.13. The van der Waals surface area contributed by atoms with Gasteiger partial charge in [-0.2, -0.15) is 0 Å². The summed E-state index contributed by atoms with van der Waals surface area (Å²) in [4.78, 5) is 36.1. The van der Waals surface area contributed by atoms with Gasteiger partial charge in [-0.1, -0.05) is 41.1 Å². The lowest BCUT2D eigenvalue weighted by molar-refractivity contribution is -0.131. The largest absolute Gasteiger partial charge is 0.342 e. The fourth-order valence-electron chi connectivity index (χ4n) is 3.98. The Morgan fingerprint density at radius 1 is 1.15 bits per heavy atom. The minimum Gasteiger partial charge on any atom is -0.342 e. The van der Waals surface area contributed by atoms with Gasteiger partial charge in [0.05, 0.1) is 21.6 Å². The number of hydrogen-bond donors (Lipinski definition) is 1. The molecule has 2 aromatic heterocycles. The highest BCUT2D eigenvalue weighted by Crippen LogP contribution is 2.32. The lowest BCUT2D eigenvalue weighted by Crippen LogP contribution is -2.38. The zero-order valence-electron chi connectivity index (χ0n) is 18.0. The molecule has 1 fully saturated rings. The fraction of sp³-hybridized carbons (Fsp3) is 0.250. The fourth-order valence-corrected chi connectivity index (χ4v) is 6.04. The summed E-state index contributed by atoms with van der Waals surface area (Å²) in [5, 5.41) is 6.42. The van der Waals surface area contributed by atoms with Gasteiger partial charge in [0, 0.05) is 29.4 Å². The van der Waals surface area contributed by atoms with E-state index in [4.69, 9.17) is 11.6 Å². The number of anilines is 1. The van der Waals surface area contributed by atoms with Crippen molar-refractivity contribution >= 4 is 61.4 Å². The number of nitrogens with one attached hydrogen (secondary N) is 1. The molecule has 34 heavy (non-hydrogen) atoms. The quantitative estimate of drug-likeness (QED) is 0.368. The van der Waals surface area contributed by atoms with Crippen molar-refractivity contribution in [2.24, 2.45) is 0 Å². The molecule has 2 amide bonds. The van der Waals surface area contributed by atoms with Crippen molar-refractivity contribution in [2.45, 2.75) is 25.2 Å². The van der Waals surface area contributed by atoms with Crippen LogP contribution >= 0.6 is 34.3 Å². The van der Waals surface area contributed by atoms with Crippen LogP contribution in [0.15, 0.2) is 47.8 Å². The topological polar surface area (TPSA) is 75.2 Å². The Hall–Kier alpha value is -2.88. The summed E-state index contributed by atoms with van der Waals surface area (Å²) in [7, 11) is 0. The van der Waals surface area contributed by atoms with E-state index in [1.165, 1.54) is 34.8 Å². The Kier molecular flexibility index (Phi) is 6.58. The van der Waals surface area contributed by atoms with E-state index in [1.807, 2.05) is 23.1 Å². The van der Waals surface area contributed by atoms with Gasteiger partial charge in [-0.3, -0.25) is 14.9 Å². The number of nitrogens with zero attached hydrogens (tertiary/aromatic N) is 3. The van der Waals surface area contributed by atoms with E-state index in [0.29, 0.717) is 45.6 Å². The van der Waals surface area contributed by atoms with E-state index in [0.717, 1.165) is 23.4 Å². The van der Waals surface area contributed by atoms with Gasteiger partial charge in [-0.15, -0.1) is 11.3 Å². The Labute approximate surface area is 208 Å². The Morgan fingerprint density at radius 2 is 1.94 bits per heavy atom. The first-order valence-electron chi connectivity index (χ1n) is 10.8. The Bertz CT molecular complexity index is 1360. The standard InChI is InChI=1S/C24H20ClFN4O2S2/c25-17-4-2-1-3-15(17)11-21(31)30-9-7-14(8-10-30)23-27-19(13-33-23)22(32)29-24-28-18-6-5-16(26)12-20(18)34-24/h1-6,12-14H,7-11H2,(H,28,29,32). The Morgan fingerprint density at radius 3 is 2.74 bits per heavy atom. The van der Waals surface area contributed by atoms with Crippen molar-refractivity contribution in [3.05, 3.63) is 74.9 Å². The van der Waals surface area contributed by atoms with Crippen LogP contribution in [0.3, 0.4) is 0 Å². The number of likely N-dealkylation sites (tertiary alicyclic amines) is 1. The molecule has 3 heterocycles. The van der Waals surface area contributed by atoms with Gasteiger partial charge < -0.3 is 4.90 Å². The number of aromatic nitrogens is 2. The maximum absolute atomic E-state index is 13.4. The van der Waals surface area contributed by atoms with E-state index in [9.17, 15) is 14.0 Å². The van der Waals surface area contributed by atoms with Crippen LogP contribution in [-0.4, -0.2) is 39.8 Å². The summed E-state index contributed by atoms with van der Waals surface area (Å²) in [5.74, 6) is -0.396. The van der Waals surface area contributed by atoms with Crippen LogP contribution in [-0.2, 0) is 11.2 Å². The van der Waals surface area contributed by atoms with Crippen molar-refractivity contribution in [3.63, 3.8) is 0 Å². The molecule has 0 saturated carbocycles. The summed E-state index contributed by atoms with van der Waals surface area (Å²) in [6.07, 6.45) is 1.89. The molecule has 4 aromatic rings. The van der Waals surface area contributed by atoms with Crippen molar-refractivity contribution < 1.29 is 14.0 Å². The van der Waals surface area contributed by atoms with E-state index in [2.05, 4.69) is 15.3 Å². The molecule has 0 aliphatic carbocycles. The second-order valence-corrected chi connectivity index (χ2v) is 10.4. The zero-order valence-corrected chi connectivity index (χ0v) is 20.4. The summed E-state index contributed by atoms with van der Waals surface area (Å²) in [5.41, 5.74) is 1.81. The molecule has 5 rings (SSSR count). The molecule has 6 nitrogen and oxygen atoms in total. The third kappa shape index (κ3) is 4.96. The number of amides is 2. The lowest BCUT2D eigenvalue weighted by atomic mass is 9.97. The van der Waals surface area contributed by atoms with Crippen molar-refractivity contribution in [1.82, 2.24) is 14.9 Å². The van der Waals surface area contributed by atoms with Crippen LogP contribution in [0.25, 0.3) is 10.2 Å². The van der Waals surface area contributed by atoms with Gasteiger partial charge in [-0.25, -0.2) is 14.4 Å². The van der Waals surface area contributed by atoms with Crippen molar-refractivity contribution in [1.29, 1.82) is 0 Å². The summed E-state index contributed by atoms with van der Waals surface area (Å²) < 4.78 is 14.1. The number of fused-ring (bicyclic) bond motifs is 1. The molecule has 174 valence electrons. The molecular formula is C24H20ClFN4O2S2. The maximum atomic E-state index is 13.4. The van der Waals surface area contributed by atoms with Crippen LogP contribution in [0, 0.1) is 5.82 Å². The second kappa shape index (κ2) is 9.77. The number of piperidine rings is 1. The number of carbonyl (C=O) groups is 2.